The second kappa shape index (κ2) is 6.70. The maximum Gasteiger partial charge on any atom is 0.363 e. The molecule has 8 heteroatoms. The van der Waals surface area contributed by atoms with Crippen molar-refractivity contribution in [2.45, 2.75) is 26.3 Å². The molecule has 0 spiro atoms. The van der Waals surface area contributed by atoms with E-state index in [0.717, 1.165) is 19.0 Å². The number of rotatable bonds is 8. The molecule has 100 valence electrons. The largest absolute Gasteiger partial charge is 0.476 e. The maximum absolute atomic E-state index is 10.7. The molecule has 0 saturated carbocycles. The lowest BCUT2D eigenvalue weighted by Gasteiger charge is -2.02. The molecule has 1 aromatic heterocycles. The first-order chi connectivity index (χ1) is 8.56. The summed E-state index contributed by atoms with van der Waals surface area (Å²) in [5.41, 5.74) is -1.05. The van der Waals surface area contributed by atoms with Crippen molar-refractivity contribution in [3.8, 4) is 0 Å². The maximum atomic E-state index is 10.7. The topological polar surface area (TPSA) is 107 Å². The van der Waals surface area contributed by atoms with Crippen molar-refractivity contribution in [2.75, 3.05) is 13.2 Å². The van der Waals surface area contributed by atoms with Crippen LogP contribution in [0.4, 0.5) is 5.69 Å². The first-order valence-corrected chi connectivity index (χ1v) is 5.59. The molecular formula is C10H15N3O5. The molecule has 0 aliphatic carbocycles. The molecule has 1 N–H and O–H groups in total. The van der Waals surface area contributed by atoms with Crippen LogP contribution in [0, 0.1) is 10.1 Å². The predicted molar refractivity (Wildman–Crippen MR) is 61.6 cm³/mol. The third-order valence-corrected chi connectivity index (χ3v) is 2.25. The van der Waals surface area contributed by atoms with Crippen LogP contribution in [0.15, 0.2) is 6.20 Å². The molecule has 18 heavy (non-hydrogen) atoms. The van der Waals surface area contributed by atoms with Crippen LogP contribution in [-0.4, -0.2) is 39.0 Å². The van der Waals surface area contributed by atoms with Gasteiger partial charge in [0, 0.05) is 6.61 Å². The molecule has 0 aromatic carbocycles. The molecule has 0 fully saturated rings. The fourth-order valence-electron chi connectivity index (χ4n) is 1.32. The summed E-state index contributed by atoms with van der Waals surface area (Å²) < 4.78 is 6.49. The third kappa shape index (κ3) is 3.81. The van der Waals surface area contributed by atoms with Gasteiger partial charge in [0.1, 0.15) is 6.20 Å². The third-order valence-electron chi connectivity index (χ3n) is 2.25. The standard InChI is InChI=1S/C10H15N3O5/c1-2-3-5-18-6-4-12-7-8(13(16)17)9(11-12)10(14)15/h7H,2-6H2,1H3,(H,14,15). The number of hydrogen-bond donors (Lipinski definition) is 1. The number of ether oxygens (including phenoxy) is 1. The normalized spacial score (nSPS) is 10.5. The summed E-state index contributed by atoms with van der Waals surface area (Å²) in [4.78, 5) is 20.6. The number of carboxylic acids is 1. The number of hydrogen-bond acceptors (Lipinski definition) is 5. The number of unbranched alkanes of at least 4 members (excludes halogenated alkanes) is 1. The van der Waals surface area contributed by atoms with Gasteiger partial charge in [-0.3, -0.25) is 14.8 Å². The minimum Gasteiger partial charge on any atom is -0.476 e. The van der Waals surface area contributed by atoms with E-state index in [4.69, 9.17) is 9.84 Å². The Bertz CT molecular complexity index is 398. The van der Waals surface area contributed by atoms with Crippen molar-refractivity contribution in [2.24, 2.45) is 0 Å². The van der Waals surface area contributed by atoms with E-state index in [1.807, 2.05) is 6.92 Å². The molecule has 1 heterocycles. The van der Waals surface area contributed by atoms with Gasteiger partial charge >= 0.3 is 11.7 Å². The number of nitro groups is 1. The number of carbonyl (C=O) groups is 1. The van der Waals surface area contributed by atoms with Crippen molar-refractivity contribution in [1.29, 1.82) is 0 Å². The lowest BCUT2D eigenvalue weighted by Crippen LogP contribution is -2.08. The summed E-state index contributed by atoms with van der Waals surface area (Å²) in [7, 11) is 0. The highest BCUT2D eigenvalue weighted by atomic mass is 16.6. The molecule has 0 saturated heterocycles. The molecule has 1 aromatic rings. The SMILES string of the molecule is CCCCOCCn1cc([N+](=O)[O-])c(C(=O)O)n1. The number of carboxylic acid groups (broad SMARTS) is 1. The fraction of sp³-hybridized carbons (Fsp3) is 0.600. The van der Waals surface area contributed by atoms with E-state index < -0.39 is 22.3 Å². The Morgan fingerprint density at radius 3 is 2.83 bits per heavy atom. The molecule has 1 rings (SSSR count). The van der Waals surface area contributed by atoms with E-state index in [1.165, 1.54) is 4.68 Å². The van der Waals surface area contributed by atoms with Crippen molar-refractivity contribution in [3.63, 3.8) is 0 Å². The summed E-state index contributed by atoms with van der Waals surface area (Å²) >= 11 is 0. The summed E-state index contributed by atoms with van der Waals surface area (Å²) in [6.45, 7) is 3.29. The zero-order valence-electron chi connectivity index (χ0n) is 10.0. The van der Waals surface area contributed by atoms with Gasteiger partial charge in [-0.15, -0.1) is 0 Å². The summed E-state index contributed by atoms with van der Waals surface area (Å²) in [5, 5.41) is 23.0. The van der Waals surface area contributed by atoms with Crippen LogP contribution in [-0.2, 0) is 11.3 Å². The molecule has 0 aliphatic heterocycles. The Morgan fingerprint density at radius 1 is 1.61 bits per heavy atom. The van der Waals surface area contributed by atoms with Crippen LogP contribution in [0.5, 0.6) is 0 Å². The van der Waals surface area contributed by atoms with Gasteiger partial charge in [0.15, 0.2) is 0 Å². The van der Waals surface area contributed by atoms with Gasteiger partial charge in [-0.1, -0.05) is 13.3 Å². The van der Waals surface area contributed by atoms with E-state index in [0.29, 0.717) is 13.2 Å². The quantitative estimate of drug-likeness (QED) is 0.427. The van der Waals surface area contributed by atoms with Gasteiger partial charge < -0.3 is 9.84 Å². The van der Waals surface area contributed by atoms with Crippen molar-refractivity contribution in [1.82, 2.24) is 9.78 Å². The Labute approximate surface area is 103 Å². The predicted octanol–water partition coefficient (Wildman–Crippen LogP) is 1.31. The van der Waals surface area contributed by atoms with Crippen LogP contribution in [0.3, 0.4) is 0 Å². The minimum absolute atomic E-state index is 0.290. The van der Waals surface area contributed by atoms with Crippen LogP contribution >= 0.6 is 0 Å². The Kier molecular flexibility index (Phi) is 5.25. The highest BCUT2D eigenvalue weighted by Crippen LogP contribution is 2.16. The summed E-state index contributed by atoms with van der Waals surface area (Å²) in [6.07, 6.45) is 3.07. The van der Waals surface area contributed by atoms with Gasteiger partial charge in [0.05, 0.1) is 18.1 Å². The fourth-order valence-corrected chi connectivity index (χ4v) is 1.32. The molecule has 0 aliphatic rings. The molecule has 0 bridgehead atoms. The van der Waals surface area contributed by atoms with Crippen LogP contribution in [0.1, 0.15) is 30.3 Å². The lowest BCUT2D eigenvalue weighted by molar-refractivity contribution is -0.385. The summed E-state index contributed by atoms with van der Waals surface area (Å²) in [5.74, 6) is -1.41. The number of aromatic nitrogens is 2. The lowest BCUT2D eigenvalue weighted by atomic mass is 10.4. The monoisotopic (exact) mass is 257 g/mol. The van der Waals surface area contributed by atoms with Gasteiger partial charge in [0.25, 0.3) is 0 Å². The second-order valence-corrected chi connectivity index (χ2v) is 3.65. The molecule has 0 amide bonds. The van der Waals surface area contributed by atoms with Crippen LogP contribution in [0.25, 0.3) is 0 Å². The van der Waals surface area contributed by atoms with E-state index in [-0.39, 0.29) is 6.54 Å². The average Bonchev–Trinajstić information content (AvgIpc) is 2.73. The Morgan fingerprint density at radius 2 is 2.33 bits per heavy atom. The molecule has 0 unspecified atom stereocenters. The highest BCUT2D eigenvalue weighted by Gasteiger charge is 2.24. The Balaban J connectivity index is 2.59. The van der Waals surface area contributed by atoms with Crippen molar-refractivity contribution < 1.29 is 19.6 Å². The van der Waals surface area contributed by atoms with E-state index in [1.54, 1.807) is 0 Å². The highest BCUT2D eigenvalue weighted by molar-refractivity contribution is 5.89. The van der Waals surface area contributed by atoms with Crippen LogP contribution in [0.2, 0.25) is 0 Å². The Hall–Kier alpha value is -1.96. The van der Waals surface area contributed by atoms with Crippen molar-refractivity contribution in [3.05, 3.63) is 22.0 Å². The second-order valence-electron chi connectivity index (χ2n) is 3.65. The first kappa shape index (κ1) is 14.1. The zero-order chi connectivity index (χ0) is 13.5. The summed E-state index contributed by atoms with van der Waals surface area (Å²) in [6, 6.07) is 0. The van der Waals surface area contributed by atoms with E-state index in [2.05, 4.69) is 5.10 Å². The molecule has 0 radical (unpaired) electrons. The van der Waals surface area contributed by atoms with Crippen molar-refractivity contribution >= 4 is 11.7 Å². The van der Waals surface area contributed by atoms with Crippen LogP contribution < -0.4 is 0 Å². The van der Waals surface area contributed by atoms with E-state index in [9.17, 15) is 14.9 Å². The smallest absolute Gasteiger partial charge is 0.363 e. The average molecular weight is 257 g/mol. The molecular weight excluding hydrogens is 242 g/mol. The minimum atomic E-state index is -1.41. The molecule has 0 atom stereocenters. The zero-order valence-corrected chi connectivity index (χ0v) is 10.0. The molecule has 8 nitrogen and oxygen atoms in total. The number of aromatic carboxylic acids is 1. The number of nitrogens with zero attached hydrogens (tertiary/aromatic N) is 3. The first-order valence-electron chi connectivity index (χ1n) is 5.59. The van der Waals surface area contributed by atoms with Gasteiger partial charge in [-0.2, -0.15) is 5.10 Å². The van der Waals surface area contributed by atoms with Gasteiger partial charge in [0.2, 0.25) is 5.69 Å². The van der Waals surface area contributed by atoms with E-state index >= 15 is 0 Å². The van der Waals surface area contributed by atoms with Gasteiger partial charge in [-0.05, 0) is 6.42 Å². The van der Waals surface area contributed by atoms with Gasteiger partial charge in [-0.25, -0.2) is 4.79 Å².